The number of aryl methyl sites for hydroxylation is 2. The second-order valence-corrected chi connectivity index (χ2v) is 6.07. The van der Waals surface area contributed by atoms with Crippen molar-refractivity contribution in [3.63, 3.8) is 0 Å². The van der Waals surface area contributed by atoms with Crippen LogP contribution in [0.15, 0.2) is 18.2 Å². The van der Waals surface area contributed by atoms with Crippen LogP contribution in [0.1, 0.15) is 29.5 Å². The Hall–Kier alpha value is -0.900. The molecule has 0 radical (unpaired) electrons. The lowest BCUT2D eigenvalue weighted by Gasteiger charge is -2.31. The highest BCUT2D eigenvalue weighted by molar-refractivity contribution is 5.30. The number of rotatable bonds is 6. The van der Waals surface area contributed by atoms with Crippen molar-refractivity contribution in [2.75, 3.05) is 32.8 Å². The quantitative estimate of drug-likeness (QED) is 0.835. The monoisotopic (exact) mass is 276 g/mol. The van der Waals surface area contributed by atoms with Crippen LogP contribution in [-0.4, -0.2) is 42.8 Å². The van der Waals surface area contributed by atoms with E-state index in [1.165, 1.54) is 29.5 Å². The molecule has 1 aliphatic heterocycles. The Morgan fingerprint density at radius 1 is 1.25 bits per heavy atom. The van der Waals surface area contributed by atoms with E-state index in [0.717, 1.165) is 38.6 Å². The minimum absolute atomic E-state index is 0.287. The van der Waals surface area contributed by atoms with Gasteiger partial charge < -0.3 is 15.3 Å². The van der Waals surface area contributed by atoms with Crippen molar-refractivity contribution in [1.82, 2.24) is 10.2 Å². The van der Waals surface area contributed by atoms with Crippen molar-refractivity contribution in [1.29, 1.82) is 0 Å². The SMILES string of the molecule is Cc1ccc(CNCC2CCN(CCO)CC2)c(C)c1. The van der Waals surface area contributed by atoms with Crippen LogP contribution >= 0.6 is 0 Å². The molecule has 1 aliphatic rings. The highest BCUT2D eigenvalue weighted by Crippen LogP contribution is 2.16. The molecule has 0 bridgehead atoms. The lowest BCUT2D eigenvalue weighted by atomic mass is 9.96. The van der Waals surface area contributed by atoms with E-state index in [-0.39, 0.29) is 6.61 Å². The third-order valence-electron chi connectivity index (χ3n) is 4.37. The molecule has 20 heavy (non-hydrogen) atoms. The summed E-state index contributed by atoms with van der Waals surface area (Å²) < 4.78 is 0. The van der Waals surface area contributed by atoms with E-state index in [4.69, 9.17) is 5.11 Å². The topological polar surface area (TPSA) is 35.5 Å². The standard InChI is InChI=1S/C17H28N2O/c1-14-3-4-17(15(2)11-14)13-18-12-16-5-7-19(8-6-16)9-10-20/h3-4,11,16,18,20H,5-10,12-13H2,1-2H3. The molecule has 0 aliphatic carbocycles. The number of likely N-dealkylation sites (tertiary alicyclic amines) is 1. The third-order valence-corrected chi connectivity index (χ3v) is 4.37. The summed E-state index contributed by atoms with van der Waals surface area (Å²) >= 11 is 0. The van der Waals surface area contributed by atoms with Gasteiger partial charge in [0, 0.05) is 13.1 Å². The van der Waals surface area contributed by atoms with Crippen molar-refractivity contribution in [2.24, 2.45) is 5.92 Å². The number of aliphatic hydroxyl groups is 1. The fraction of sp³-hybridized carbons (Fsp3) is 0.647. The fourth-order valence-corrected chi connectivity index (χ4v) is 3.01. The number of hydrogen-bond acceptors (Lipinski definition) is 3. The number of hydrogen-bond donors (Lipinski definition) is 2. The van der Waals surface area contributed by atoms with Crippen LogP contribution in [0.5, 0.6) is 0 Å². The first-order valence-corrected chi connectivity index (χ1v) is 7.79. The van der Waals surface area contributed by atoms with Crippen molar-refractivity contribution in [3.05, 3.63) is 34.9 Å². The minimum atomic E-state index is 0.287. The van der Waals surface area contributed by atoms with E-state index in [2.05, 4.69) is 42.3 Å². The maximum Gasteiger partial charge on any atom is 0.0558 e. The Kier molecular flexibility index (Phi) is 6.02. The highest BCUT2D eigenvalue weighted by Gasteiger charge is 2.18. The van der Waals surface area contributed by atoms with Gasteiger partial charge in [-0.15, -0.1) is 0 Å². The van der Waals surface area contributed by atoms with Crippen molar-refractivity contribution >= 4 is 0 Å². The van der Waals surface area contributed by atoms with Crippen LogP contribution in [0.3, 0.4) is 0 Å². The number of piperidine rings is 1. The molecule has 3 nitrogen and oxygen atoms in total. The molecule has 1 heterocycles. The lowest BCUT2D eigenvalue weighted by Crippen LogP contribution is -2.38. The summed E-state index contributed by atoms with van der Waals surface area (Å²) in [6.07, 6.45) is 2.50. The Labute approximate surface area is 123 Å². The Bertz CT molecular complexity index is 411. The highest BCUT2D eigenvalue weighted by atomic mass is 16.3. The van der Waals surface area contributed by atoms with Crippen molar-refractivity contribution in [3.8, 4) is 0 Å². The van der Waals surface area contributed by atoms with Gasteiger partial charge in [0.25, 0.3) is 0 Å². The van der Waals surface area contributed by atoms with Gasteiger partial charge in [-0.05, 0) is 63.4 Å². The molecule has 1 saturated heterocycles. The number of nitrogens with one attached hydrogen (secondary N) is 1. The van der Waals surface area contributed by atoms with E-state index < -0.39 is 0 Å². The number of benzene rings is 1. The average molecular weight is 276 g/mol. The number of β-amino-alcohol motifs (C(OH)–C–C–N with tert-alkyl or cyclic N) is 1. The van der Waals surface area contributed by atoms with Gasteiger partial charge in [0.05, 0.1) is 6.61 Å². The summed E-state index contributed by atoms with van der Waals surface area (Å²) in [6, 6.07) is 6.68. The molecule has 0 atom stereocenters. The Morgan fingerprint density at radius 3 is 2.65 bits per heavy atom. The first kappa shape index (κ1) is 15.5. The van der Waals surface area contributed by atoms with E-state index in [1.807, 2.05) is 0 Å². The largest absolute Gasteiger partial charge is 0.395 e. The van der Waals surface area contributed by atoms with Crippen LogP contribution < -0.4 is 5.32 Å². The predicted molar refractivity (Wildman–Crippen MR) is 83.9 cm³/mol. The second-order valence-electron chi connectivity index (χ2n) is 6.07. The van der Waals surface area contributed by atoms with E-state index in [0.29, 0.717) is 0 Å². The summed E-state index contributed by atoms with van der Waals surface area (Å²) in [7, 11) is 0. The lowest BCUT2D eigenvalue weighted by molar-refractivity contribution is 0.146. The summed E-state index contributed by atoms with van der Waals surface area (Å²) in [5.74, 6) is 0.788. The zero-order valence-electron chi connectivity index (χ0n) is 12.9. The van der Waals surface area contributed by atoms with E-state index >= 15 is 0 Å². The van der Waals surface area contributed by atoms with Crippen LogP contribution in [0.4, 0.5) is 0 Å². The van der Waals surface area contributed by atoms with Gasteiger partial charge in [0.1, 0.15) is 0 Å². The average Bonchev–Trinajstić information content (AvgIpc) is 2.43. The van der Waals surface area contributed by atoms with Crippen molar-refractivity contribution < 1.29 is 5.11 Å². The van der Waals surface area contributed by atoms with Crippen LogP contribution in [0.2, 0.25) is 0 Å². The molecule has 3 heteroatoms. The molecular formula is C17H28N2O. The summed E-state index contributed by atoms with van der Waals surface area (Å²) in [5, 5.41) is 12.6. The first-order valence-electron chi connectivity index (χ1n) is 7.79. The molecule has 2 rings (SSSR count). The molecule has 1 aromatic carbocycles. The second kappa shape index (κ2) is 7.77. The zero-order chi connectivity index (χ0) is 14.4. The molecule has 0 aromatic heterocycles. The maximum absolute atomic E-state index is 8.94. The minimum Gasteiger partial charge on any atom is -0.395 e. The van der Waals surface area contributed by atoms with Gasteiger partial charge in [-0.2, -0.15) is 0 Å². The molecule has 2 N–H and O–H groups in total. The molecule has 0 spiro atoms. The Morgan fingerprint density at radius 2 is 2.00 bits per heavy atom. The smallest absolute Gasteiger partial charge is 0.0558 e. The van der Waals surface area contributed by atoms with Gasteiger partial charge in [0.15, 0.2) is 0 Å². The van der Waals surface area contributed by atoms with Gasteiger partial charge in [-0.3, -0.25) is 0 Å². The third kappa shape index (κ3) is 4.58. The van der Waals surface area contributed by atoms with Gasteiger partial charge in [-0.25, -0.2) is 0 Å². The predicted octanol–water partition coefficient (Wildman–Crippen LogP) is 2.10. The molecule has 1 fully saturated rings. The molecule has 0 amide bonds. The van der Waals surface area contributed by atoms with Crippen LogP contribution in [0.25, 0.3) is 0 Å². The van der Waals surface area contributed by atoms with Gasteiger partial charge in [-0.1, -0.05) is 23.8 Å². The van der Waals surface area contributed by atoms with E-state index in [1.54, 1.807) is 0 Å². The maximum atomic E-state index is 8.94. The fourth-order valence-electron chi connectivity index (χ4n) is 3.01. The van der Waals surface area contributed by atoms with Crippen LogP contribution in [0, 0.1) is 19.8 Å². The molecule has 0 saturated carbocycles. The molecular weight excluding hydrogens is 248 g/mol. The molecule has 1 aromatic rings. The first-order chi connectivity index (χ1) is 9.69. The molecule has 0 unspecified atom stereocenters. The Balaban J connectivity index is 1.69. The summed E-state index contributed by atoms with van der Waals surface area (Å²) in [4.78, 5) is 2.36. The van der Waals surface area contributed by atoms with Crippen LogP contribution in [-0.2, 0) is 6.54 Å². The molecule has 112 valence electrons. The van der Waals surface area contributed by atoms with Gasteiger partial charge >= 0.3 is 0 Å². The van der Waals surface area contributed by atoms with Crippen molar-refractivity contribution in [2.45, 2.75) is 33.2 Å². The zero-order valence-corrected chi connectivity index (χ0v) is 12.9. The number of nitrogens with zero attached hydrogens (tertiary/aromatic N) is 1. The normalized spacial score (nSPS) is 17.6. The summed E-state index contributed by atoms with van der Waals surface area (Å²) in [5.41, 5.74) is 4.13. The van der Waals surface area contributed by atoms with E-state index in [9.17, 15) is 0 Å². The summed E-state index contributed by atoms with van der Waals surface area (Å²) in [6.45, 7) is 9.82. The van der Waals surface area contributed by atoms with Gasteiger partial charge in [0.2, 0.25) is 0 Å². The number of aliphatic hydroxyl groups excluding tert-OH is 1.